The summed E-state index contributed by atoms with van der Waals surface area (Å²) in [5.74, 6) is -0.398. The number of rotatable bonds is 6. The first-order valence-electron chi connectivity index (χ1n) is 6.21. The van der Waals surface area contributed by atoms with Crippen LogP contribution in [-0.2, 0) is 14.8 Å². The molecule has 7 heteroatoms. The summed E-state index contributed by atoms with van der Waals surface area (Å²) >= 11 is 0. The molecule has 0 heterocycles. The number of nitrogens with one attached hydrogen (secondary N) is 2. The van der Waals surface area contributed by atoms with Gasteiger partial charge < -0.3 is 5.32 Å². The average Bonchev–Trinajstić information content (AvgIpc) is 2.44. The average molecular weight is 295 g/mol. The van der Waals surface area contributed by atoms with E-state index in [9.17, 15) is 13.2 Å². The highest BCUT2D eigenvalue weighted by Gasteiger charge is 2.23. The summed E-state index contributed by atoms with van der Waals surface area (Å²) in [7, 11) is -3.91. The zero-order chi connectivity index (χ0) is 15.2. The lowest BCUT2D eigenvalue weighted by Crippen LogP contribution is -2.45. The first-order valence-corrected chi connectivity index (χ1v) is 7.70. The fraction of sp³-hybridized carbons (Fsp3) is 0.385. The van der Waals surface area contributed by atoms with E-state index >= 15 is 0 Å². The molecule has 0 aliphatic carbocycles. The molecule has 1 rings (SSSR count). The molecule has 6 nitrogen and oxygen atoms in total. The molecule has 1 amide bonds. The van der Waals surface area contributed by atoms with Crippen LogP contribution in [0.3, 0.4) is 0 Å². The van der Waals surface area contributed by atoms with Crippen LogP contribution in [0.4, 0.5) is 0 Å². The molecule has 0 spiro atoms. The predicted molar refractivity (Wildman–Crippen MR) is 74.2 cm³/mol. The number of nitriles is 1. The van der Waals surface area contributed by atoms with Crippen LogP contribution in [0.15, 0.2) is 29.2 Å². The van der Waals surface area contributed by atoms with Crippen LogP contribution in [0, 0.1) is 11.3 Å². The molecule has 0 saturated heterocycles. The van der Waals surface area contributed by atoms with Gasteiger partial charge in [0, 0.05) is 6.54 Å². The van der Waals surface area contributed by atoms with Crippen molar-refractivity contribution >= 4 is 15.9 Å². The fourth-order valence-corrected chi connectivity index (χ4v) is 2.90. The van der Waals surface area contributed by atoms with Crippen LogP contribution in [0.2, 0.25) is 0 Å². The van der Waals surface area contributed by atoms with E-state index in [-0.39, 0.29) is 10.5 Å². The maximum absolute atomic E-state index is 12.2. The Morgan fingerprint density at radius 2 is 2.05 bits per heavy atom. The molecule has 0 bridgehead atoms. The van der Waals surface area contributed by atoms with Crippen molar-refractivity contribution in [3.8, 4) is 6.07 Å². The number of hydrogen-bond donors (Lipinski definition) is 2. The lowest BCUT2D eigenvalue weighted by molar-refractivity contribution is -0.122. The minimum absolute atomic E-state index is 0.0427. The third-order valence-electron chi connectivity index (χ3n) is 2.57. The highest BCUT2D eigenvalue weighted by molar-refractivity contribution is 7.89. The van der Waals surface area contributed by atoms with Gasteiger partial charge in [0.2, 0.25) is 15.9 Å². The van der Waals surface area contributed by atoms with Crippen molar-refractivity contribution in [3.63, 3.8) is 0 Å². The molecular weight excluding hydrogens is 278 g/mol. The zero-order valence-corrected chi connectivity index (χ0v) is 12.2. The molecule has 2 N–H and O–H groups in total. The molecule has 0 fully saturated rings. The Kier molecular flexibility index (Phi) is 5.67. The van der Waals surface area contributed by atoms with Crippen LogP contribution in [0.5, 0.6) is 0 Å². The van der Waals surface area contributed by atoms with Gasteiger partial charge in [-0.1, -0.05) is 19.1 Å². The molecule has 0 aliphatic rings. The molecule has 1 aromatic carbocycles. The number of carbonyl (C=O) groups is 1. The van der Waals surface area contributed by atoms with E-state index < -0.39 is 22.0 Å². The van der Waals surface area contributed by atoms with Crippen molar-refractivity contribution in [1.82, 2.24) is 10.0 Å². The smallest absolute Gasteiger partial charge is 0.242 e. The van der Waals surface area contributed by atoms with Gasteiger partial charge in [-0.25, -0.2) is 8.42 Å². The summed E-state index contributed by atoms with van der Waals surface area (Å²) in [6, 6.07) is 6.76. The van der Waals surface area contributed by atoms with Crippen LogP contribution >= 0.6 is 0 Å². The van der Waals surface area contributed by atoms with Gasteiger partial charge in [0.05, 0.1) is 16.5 Å². The Morgan fingerprint density at radius 3 is 2.65 bits per heavy atom. The van der Waals surface area contributed by atoms with E-state index in [0.29, 0.717) is 6.54 Å². The van der Waals surface area contributed by atoms with Gasteiger partial charge in [-0.05, 0) is 25.5 Å². The molecular formula is C13H17N3O3S. The largest absolute Gasteiger partial charge is 0.355 e. The van der Waals surface area contributed by atoms with E-state index in [4.69, 9.17) is 5.26 Å². The highest BCUT2D eigenvalue weighted by atomic mass is 32.2. The van der Waals surface area contributed by atoms with Crippen molar-refractivity contribution < 1.29 is 13.2 Å². The number of benzene rings is 1. The second-order valence-electron chi connectivity index (χ2n) is 4.24. The van der Waals surface area contributed by atoms with Crippen LogP contribution in [0.1, 0.15) is 25.8 Å². The Bertz CT molecular complexity index is 620. The maximum Gasteiger partial charge on any atom is 0.242 e. The SMILES string of the molecule is CCCNC(=O)C(C)NS(=O)(=O)c1ccccc1C#N. The van der Waals surface area contributed by atoms with Gasteiger partial charge in [-0.3, -0.25) is 4.79 Å². The first-order chi connectivity index (χ1) is 9.42. The van der Waals surface area contributed by atoms with Gasteiger partial charge in [0.25, 0.3) is 0 Å². The quantitative estimate of drug-likeness (QED) is 0.809. The highest BCUT2D eigenvalue weighted by Crippen LogP contribution is 2.14. The van der Waals surface area contributed by atoms with E-state index in [1.54, 1.807) is 6.07 Å². The molecule has 0 radical (unpaired) electrons. The van der Waals surface area contributed by atoms with Gasteiger partial charge in [0.1, 0.15) is 6.07 Å². The summed E-state index contributed by atoms with van der Waals surface area (Å²) in [5, 5.41) is 11.5. The second kappa shape index (κ2) is 7.03. The lowest BCUT2D eigenvalue weighted by atomic mass is 10.2. The third kappa shape index (κ3) is 4.05. The normalized spacial score (nSPS) is 12.4. The van der Waals surface area contributed by atoms with Gasteiger partial charge in [0.15, 0.2) is 0 Å². The van der Waals surface area contributed by atoms with Crippen molar-refractivity contribution in [2.75, 3.05) is 6.54 Å². The van der Waals surface area contributed by atoms with Crippen molar-refractivity contribution in [2.45, 2.75) is 31.2 Å². The lowest BCUT2D eigenvalue weighted by Gasteiger charge is -2.14. The fourth-order valence-electron chi connectivity index (χ4n) is 1.54. The number of hydrogen-bond acceptors (Lipinski definition) is 4. The Balaban J connectivity index is 2.90. The van der Waals surface area contributed by atoms with Crippen molar-refractivity contribution in [1.29, 1.82) is 5.26 Å². The predicted octanol–water partition coefficient (Wildman–Crippen LogP) is 0.751. The molecule has 0 aromatic heterocycles. The van der Waals surface area contributed by atoms with E-state index in [0.717, 1.165) is 6.42 Å². The zero-order valence-electron chi connectivity index (χ0n) is 11.4. The molecule has 0 aliphatic heterocycles. The molecule has 1 atom stereocenters. The third-order valence-corrected chi connectivity index (χ3v) is 4.17. The van der Waals surface area contributed by atoms with Crippen LogP contribution in [0.25, 0.3) is 0 Å². The molecule has 20 heavy (non-hydrogen) atoms. The maximum atomic E-state index is 12.2. The van der Waals surface area contributed by atoms with Crippen molar-refractivity contribution in [3.05, 3.63) is 29.8 Å². The van der Waals surface area contributed by atoms with Crippen LogP contribution < -0.4 is 10.0 Å². The molecule has 108 valence electrons. The summed E-state index contributed by atoms with van der Waals surface area (Å²) < 4.78 is 26.6. The standard InChI is InChI=1S/C13H17N3O3S/c1-3-8-15-13(17)10(2)16-20(18,19)12-7-5-4-6-11(12)9-14/h4-7,10,16H,3,8H2,1-2H3,(H,15,17). The van der Waals surface area contributed by atoms with E-state index in [1.807, 2.05) is 13.0 Å². The molecule has 1 aromatic rings. The summed E-state index contributed by atoms with van der Waals surface area (Å²) in [6.07, 6.45) is 0.766. The van der Waals surface area contributed by atoms with E-state index in [2.05, 4.69) is 10.0 Å². The monoisotopic (exact) mass is 295 g/mol. The molecule has 1 unspecified atom stereocenters. The Morgan fingerprint density at radius 1 is 1.40 bits per heavy atom. The summed E-state index contributed by atoms with van der Waals surface area (Å²) in [6.45, 7) is 3.84. The Labute approximate surface area is 118 Å². The van der Waals surface area contributed by atoms with Gasteiger partial charge in [-0.2, -0.15) is 9.98 Å². The second-order valence-corrected chi connectivity index (χ2v) is 5.92. The summed E-state index contributed by atoms with van der Waals surface area (Å²) in [4.78, 5) is 11.5. The van der Waals surface area contributed by atoms with Crippen LogP contribution in [-0.4, -0.2) is 26.9 Å². The van der Waals surface area contributed by atoms with Crippen molar-refractivity contribution in [2.24, 2.45) is 0 Å². The number of nitrogens with zero attached hydrogens (tertiary/aromatic N) is 1. The minimum Gasteiger partial charge on any atom is -0.355 e. The van der Waals surface area contributed by atoms with Gasteiger partial charge >= 0.3 is 0 Å². The number of amides is 1. The number of carbonyl (C=O) groups excluding carboxylic acids is 1. The minimum atomic E-state index is -3.91. The van der Waals surface area contributed by atoms with E-state index in [1.165, 1.54) is 25.1 Å². The molecule has 0 saturated carbocycles. The number of sulfonamides is 1. The first kappa shape index (κ1) is 16.1. The van der Waals surface area contributed by atoms with Gasteiger partial charge in [-0.15, -0.1) is 0 Å². The topological polar surface area (TPSA) is 99.1 Å². The Hall–Kier alpha value is -1.91. The summed E-state index contributed by atoms with van der Waals surface area (Å²) in [5.41, 5.74) is 0.0427.